The van der Waals surface area contributed by atoms with Crippen LogP contribution in [0.3, 0.4) is 0 Å². The first-order chi connectivity index (χ1) is 11.1. The van der Waals surface area contributed by atoms with Crippen molar-refractivity contribution in [1.82, 2.24) is 10.3 Å². The van der Waals surface area contributed by atoms with Gasteiger partial charge < -0.3 is 15.4 Å². The second kappa shape index (κ2) is 8.17. The normalized spacial score (nSPS) is 11.6. The van der Waals surface area contributed by atoms with E-state index in [4.69, 9.17) is 4.74 Å². The number of aromatic nitrogens is 1. The fourth-order valence-electron chi connectivity index (χ4n) is 2.05. The van der Waals surface area contributed by atoms with Crippen molar-refractivity contribution in [3.63, 3.8) is 0 Å². The van der Waals surface area contributed by atoms with Crippen LogP contribution in [-0.2, 0) is 6.54 Å². The van der Waals surface area contributed by atoms with Crippen molar-refractivity contribution in [2.75, 3.05) is 12.4 Å². The molecule has 0 spiro atoms. The topological polar surface area (TPSA) is 63.2 Å². The van der Waals surface area contributed by atoms with Crippen molar-refractivity contribution in [2.24, 2.45) is 0 Å². The summed E-state index contributed by atoms with van der Waals surface area (Å²) in [5.74, 6) is 0.610. The number of ether oxygens (including phenoxy) is 1. The molecule has 0 aliphatic heterocycles. The van der Waals surface area contributed by atoms with E-state index in [1.165, 1.54) is 0 Å². The number of hydrogen-bond acceptors (Lipinski definition) is 4. The van der Waals surface area contributed by atoms with Crippen LogP contribution in [0.25, 0.3) is 0 Å². The maximum Gasteiger partial charge on any atom is 0.270 e. The molecule has 122 valence electrons. The highest BCUT2D eigenvalue weighted by molar-refractivity contribution is 5.93. The van der Waals surface area contributed by atoms with Gasteiger partial charge in [0.2, 0.25) is 0 Å². The van der Waals surface area contributed by atoms with Crippen molar-refractivity contribution in [2.45, 2.75) is 32.9 Å². The average molecular weight is 313 g/mol. The lowest BCUT2D eigenvalue weighted by Crippen LogP contribution is -2.24. The summed E-state index contributed by atoms with van der Waals surface area (Å²) in [4.78, 5) is 16.4. The van der Waals surface area contributed by atoms with E-state index >= 15 is 0 Å². The molecule has 0 aliphatic rings. The van der Waals surface area contributed by atoms with Crippen LogP contribution in [0.4, 0.5) is 5.69 Å². The molecule has 0 radical (unpaired) electrons. The van der Waals surface area contributed by atoms with Crippen molar-refractivity contribution in [1.29, 1.82) is 0 Å². The Hall–Kier alpha value is -2.56. The minimum atomic E-state index is -0.186. The molecule has 1 amide bonds. The van der Waals surface area contributed by atoms with E-state index in [9.17, 15) is 4.79 Å². The summed E-state index contributed by atoms with van der Waals surface area (Å²) < 4.78 is 5.11. The molecule has 2 rings (SSSR count). The quantitative estimate of drug-likeness (QED) is 0.824. The number of hydrogen-bond donors (Lipinski definition) is 2. The number of anilines is 1. The molecule has 1 atom stereocenters. The van der Waals surface area contributed by atoms with Crippen LogP contribution >= 0.6 is 0 Å². The number of carbonyl (C=O) groups excluding carboxylic acids is 1. The predicted molar refractivity (Wildman–Crippen MR) is 91.8 cm³/mol. The van der Waals surface area contributed by atoms with Gasteiger partial charge in [-0.25, -0.2) is 0 Å². The zero-order chi connectivity index (χ0) is 16.7. The Balaban J connectivity index is 1.95. The van der Waals surface area contributed by atoms with E-state index in [1.54, 1.807) is 19.4 Å². The summed E-state index contributed by atoms with van der Waals surface area (Å²) in [6.45, 7) is 4.67. The molecule has 0 saturated heterocycles. The molecule has 1 heterocycles. The van der Waals surface area contributed by atoms with Crippen LogP contribution < -0.4 is 15.4 Å². The number of amides is 1. The Morgan fingerprint density at radius 3 is 2.65 bits per heavy atom. The van der Waals surface area contributed by atoms with Gasteiger partial charge in [0.25, 0.3) is 5.91 Å². The van der Waals surface area contributed by atoms with Crippen LogP contribution in [0.2, 0.25) is 0 Å². The summed E-state index contributed by atoms with van der Waals surface area (Å²) in [6.07, 6.45) is 2.66. The third kappa shape index (κ3) is 4.98. The number of pyridine rings is 1. The molecule has 5 nitrogen and oxygen atoms in total. The summed E-state index contributed by atoms with van der Waals surface area (Å²) in [5.41, 5.74) is 2.32. The van der Waals surface area contributed by atoms with Crippen molar-refractivity contribution >= 4 is 11.6 Å². The number of nitrogens with one attached hydrogen (secondary N) is 2. The molecular formula is C18H23N3O2. The smallest absolute Gasteiger partial charge is 0.270 e. The van der Waals surface area contributed by atoms with E-state index in [2.05, 4.69) is 29.5 Å². The summed E-state index contributed by atoms with van der Waals surface area (Å²) in [6, 6.07) is 11.6. The summed E-state index contributed by atoms with van der Waals surface area (Å²) >= 11 is 0. The van der Waals surface area contributed by atoms with Gasteiger partial charge in [0.1, 0.15) is 11.4 Å². The maximum atomic E-state index is 12.2. The second-order valence-electron chi connectivity index (χ2n) is 5.41. The first-order valence-electron chi connectivity index (χ1n) is 7.76. The molecule has 5 heteroatoms. The Morgan fingerprint density at radius 1 is 1.26 bits per heavy atom. The molecule has 1 aromatic carbocycles. The van der Waals surface area contributed by atoms with Crippen LogP contribution in [0.5, 0.6) is 5.75 Å². The van der Waals surface area contributed by atoms with Gasteiger partial charge in [-0.1, -0.05) is 19.1 Å². The fourth-order valence-corrected chi connectivity index (χ4v) is 2.05. The molecule has 0 bridgehead atoms. The zero-order valence-electron chi connectivity index (χ0n) is 13.8. The van der Waals surface area contributed by atoms with Gasteiger partial charge in [0.05, 0.1) is 7.11 Å². The lowest BCUT2D eigenvalue weighted by molar-refractivity contribution is 0.0946. The molecule has 23 heavy (non-hydrogen) atoms. The Kier molecular flexibility index (Phi) is 5.97. The number of carbonyl (C=O) groups is 1. The Labute approximate surface area is 137 Å². The third-order valence-corrected chi connectivity index (χ3v) is 3.63. The highest BCUT2D eigenvalue weighted by Crippen LogP contribution is 2.12. The number of benzene rings is 1. The lowest BCUT2D eigenvalue weighted by Gasteiger charge is -2.13. The van der Waals surface area contributed by atoms with Gasteiger partial charge in [-0.3, -0.25) is 9.78 Å². The van der Waals surface area contributed by atoms with E-state index in [1.807, 2.05) is 30.3 Å². The summed E-state index contributed by atoms with van der Waals surface area (Å²) in [5, 5.41) is 6.22. The van der Waals surface area contributed by atoms with Gasteiger partial charge in [0.15, 0.2) is 0 Å². The standard InChI is InChI=1S/C18H23N3O2/c1-4-13(2)21-15-9-10-19-17(11-15)18(22)20-12-14-5-7-16(23-3)8-6-14/h5-11,13H,4,12H2,1-3H3,(H,19,21)(H,20,22). The number of nitrogens with zero attached hydrogens (tertiary/aromatic N) is 1. The first-order valence-corrected chi connectivity index (χ1v) is 7.76. The Morgan fingerprint density at radius 2 is 2.00 bits per heavy atom. The minimum Gasteiger partial charge on any atom is -0.497 e. The number of methoxy groups -OCH3 is 1. The highest BCUT2D eigenvalue weighted by Gasteiger charge is 2.08. The van der Waals surface area contributed by atoms with Crippen LogP contribution in [0.1, 0.15) is 36.3 Å². The largest absolute Gasteiger partial charge is 0.497 e. The van der Waals surface area contributed by atoms with Crippen molar-refractivity contribution in [3.8, 4) is 5.75 Å². The van der Waals surface area contributed by atoms with E-state index in [0.29, 0.717) is 18.3 Å². The van der Waals surface area contributed by atoms with E-state index < -0.39 is 0 Å². The molecule has 0 fully saturated rings. The van der Waals surface area contributed by atoms with Crippen LogP contribution in [0, 0.1) is 0 Å². The molecule has 1 unspecified atom stereocenters. The van der Waals surface area contributed by atoms with E-state index in [-0.39, 0.29) is 5.91 Å². The third-order valence-electron chi connectivity index (χ3n) is 3.63. The maximum absolute atomic E-state index is 12.2. The SMILES string of the molecule is CCC(C)Nc1ccnc(C(=O)NCc2ccc(OC)cc2)c1. The van der Waals surface area contributed by atoms with Crippen LogP contribution in [-0.4, -0.2) is 24.0 Å². The van der Waals surface area contributed by atoms with Gasteiger partial charge in [-0.2, -0.15) is 0 Å². The highest BCUT2D eigenvalue weighted by atomic mass is 16.5. The van der Waals surface area contributed by atoms with Gasteiger partial charge >= 0.3 is 0 Å². The Bertz CT molecular complexity index is 641. The average Bonchev–Trinajstić information content (AvgIpc) is 2.60. The molecule has 2 N–H and O–H groups in total. The second-order valence-corrected chi connectivity index (χ2v) is 5.41. The molecule has 1 aromatic heterocycles. The van der Waals surface area contributed by atoms with Crippen molar-refractivity contribution in [3.05, 3.63) is 53.9 Å². The zero-order valence-corrected chi connectivity index (χ0v) is 13.8. The predicted octanol–water partition coefficient (Wildman–Crippen LogP) is 3.23. The first kappa shape index (κ1) is 16.8. The fraction of sp³-hybridized carbons (Fsp3) is 0.333. The molecule has 0 aliphatic carbocycles. The van der Waals surface area contributed by atoms with E-state index in [0.717, 1.165) is 23.4 Å². The summed E-state index contributed by atoms with van der Waals surface area (Å²) in [7, 11) is 1.63. The molecule has 0 saturated carbocycles. The minimum absolute atomic E-state index is 0.186. The van der Waals surface area contributed by atoms with Gasteiger partial charge in [-0.05, 0) is 43.2 Å². The van der Waals surface area contributed by atoms with Gasteiger partial charge in [-0.15, -0.1) is 0 Å². The van der Waals surface area contributed by atoms with Crippen molar-refractivity contribution < 1.29 is 9.53 Å². The molecular weight excluding hydrogens is 290 g/mol. The number of rotatable bonds is 7. The lowest BCUT2D eigenvalue weighted by atomic mass is 10.2. The monoisotopic (exact) mass is 313 g/mol. The molecule has 2 aromatic rings. The van der Waals surface area contributed by atoms with Gasteiger partial charge in [0, 0.05) is 24.5 Å². The van der Waals surface area contributed by atoms with Crippen LogP contribution in [0.15, 0.2) is 42.6 Å².